The standard InChI is InChI=1S/C20H23N5O2/c1-13-3-5-16(6-4-13)27-14(2)20(26)25-11-7-15(8-12-25)17-18-19(24-23-17)22-10-9-21-18/h3-6,9-10,14-15H,7-8,11-12H2,1-2H3,(H,22,23,24)/t14-/m1/s1. The van der Waals surface area contributed by atoms with Gasteiger partial charge in [-0.25, -0.2) is 9.97 Å². The van der Waals surface area contributed by atoms with Gasteiger partial charge in [-0.3, -0.25) is 9.89 Å². The molecule has 1 atom stereocenters. The third-order valence-corrected chi connectivity index (χ3v) is 5.11. The van der Waals surface area contributed by atoms with Crippen molar-refractivity contribution < 1.29 is 9.53 Å². The normalized spacial score (nSPS) is 16.4. The molecule has 4 rings (SSSR count). The number of rotatable bonds is 4. The summed E-state index contributed by atoms with van der Waals surface area (Å²) >= 11 is 0. The number of amides is 1. The highest BCUT2D eigenvalue weighted by Crippen LogP contribution is 2.30. The summed E-state index contributed by atoms with van der Waals surface area (Å²) in [7, 11) is 0. The summed E-state index contributed by atoms with van der Waals surface area (Å²) in [4.78, 5) is 23.2. The molecule has 1 aliphatic rings. The summed E-state index contributed by atoms with van der Waals surface area (Å²) in [5.41, 5.74) is 3.66. The molecule has 0 bridgehead atoms. The van der Waals surface area contributed by atoms with E-state index in [2.05, 4.69) is 20.2 Å². The van der Waals surface area contributed by atoms with Gasteiger partial charge in [0.05, 0.1) is 5.69 Å². The molecule has 1 N–H and O–H groups in total. The summed E-state index contributed by atoms with van der Waals surface area (Å²) in [6.45, 7) is 5.24. The molecule has 140 valence electrons. The van der Waals surface area contributed by atoms with Crippen LogP contribution in [-0.4, -0.2) is 50.2 Å². The van der Waals surface area contributed by atoms with Crippen LogP contribution in [0.2, 0.25) is 0 Å². The van der Waals surface area contributed by atoms with Crippen LogP contribution in [0.4, 0.5) is 0 Å². The van der Waals surface area contributed by atoms with Crippen molar-refractivity contribution in [2.45, 2.75) is 38.7 Å². The summed E-state index contributed by atoms with van der Waals surface area (Å²) in [6.07, 6.45) is 4.57. The Hall–Kier alpha value is -2.96. The van der Waals surface area contributed by atoms with Crippen molar-refractivity contribution in [2.75, 3.05) is 13.1 Å². The van der Waals surface area contributed by atoms with Gasteiger partial charge in [-0.2, -0.15) is 5.10 Å². The van der Waals surface area contributed by atoms with E-state index in [-0.39, 0.29) is 5.91 Å². The number of hydrogen-bond acceptors (Lipinski definition) is 5. The maximum absolute atomic E-state index is 12.7. The van der Waals surface area contributed by atoms with Crippen molar-refractivity contribution in [1.82, 2.24) is 25.1 Å². The number of carbonyl (C=O) groups is 1. The lowest BCUT2D eigenvalue weighted by molar-refractivity contribution is -0.139. The van der Waals surface area contributed by atoms with Crippen molar-refractivity contribution in [3.8, 4) is 5.75 Å². The first-order valence-corrected chi connectivity index (χ1v) is 9.29. The van der Waals surface area contributed by atoms with Crippen molar-refractivity contribution >= 4 is 17.1 Å². The molecule has 7 heteroatoms. The topological polar surface area (TPSA) is 84.0 Å². The molecule has 0 spiro atoms. The third kappa shape index (κ3) is 3.63. The lowest BCUT2D eigenvalue weighted by Crippen LogP contribution is -2.44. The minimum Gasteiger partial charge on any atom is -0.481 e. The van der Waals surface area contributed by atoms with E-state index >= 15 is 0 Å². The predicted molar refractivity (Wildman–Crippen MR) is 102 cm³/mol. The Morgan fingerprint density at radius 3 is 2.63 bits per heavy atom. The van der Waals surface area contributed by atoms with Crippen LogP contribution >= 0.6 is 0 Å². The Morgan fingerprint density at radius 2 is 1.89 bits per heavy atom. The molecule has 27 heavy (non-hydrogen) atoms. The number of benzene rings is 1. The number of nitrogens with one attached hydrogen (secondary N) is 1. The molecule has 0 aliphatic carbocycles. The van der Waals surface area contributed by atoms with Crippen LogP contribution < -0.4 is 4.74 Å². The van der Waals surface area contributed by atoms with Gasteiger partial charge in [-0.05, 0) is 38.8 Å². The summed E-state index contributed by atoms with van der Waals surface area (Å²) < 4.78 is 5.82. The van der Waals surface area contributed by atoms with Crippen LogP contribution in [-0.2, 0) is 4.79 Å². The molecule has 1 aromatic carbocycles. The highest BCUT2D eigenvalue weighted by Gasteiger charge is 2.29. The van der Waals surface area contributed by atoms with Gasteiger partial charge in [0, 0.05) is 31.4 Å². The smallest absolute Gasteiger partial charge is 0.263 e. The molecular weight excluding hydrogens is 342 g/mol. The fraction of sp³-hybridized carbons (Fsp3) is 0.400. The van der Waals surface area contributed by atoms with Gasteiger partial charge in [0.25, 0.3) is 5.91 Å². The number of fused-ring (bicyclic) bond motifs is 1. The van der Waals surface area contributed by atoms with E-state index < -0.39 is 6.10 Å². The number of ether oxygens (including phenoxy) is 1. The Kier molecular flexibility index (Phi) is 4.75. The minimum atomic E-state index is -0.497. The number of aromatic amines is 1. The average Bonchev–Trinajstić information content (AvgIpc) is 3.13. The van der Waals surface area contributed by atoms with E-state index in [1.165, 1.54) is 5.56 Å². The van der Waals surface area contributed by atoms with E-state index in [4.69, 9.17) is 4.74 Å². The highest BCUT2D eigenvalue weighted by atomic mass is 16.5. The molecule has 1 fully saturated rings. The molecule has 1 saturated heterocycles. The van der Waals surface area contributed by atoms with Crippen molar-refractivity contribution in [1.29, 1.82) is 0 Å². The second kappa shape index (κ2) is 7.34. The van der Waals surface area contributed by atoms with E-state index in [1.807, 2.05) is 43.0 Å². The predicted octanol–water partition coefficient (Wildman–Crippen LogP) is 2.83. The maximum Gasteiger partial charge on any atom is 0.263 e. The zero-order valence-corrected chi connectivity index (χ0v) is 15.6. The number of nitrogens with zero attached hydrogens (tertiary/aromatic N) is 4. The Bertz CT molecular complexity index is 929. The summed E-state index contributed by atoms with van der Waals surface area (Å²) in [5.74, 6) is 1.06. The lowest BCUT2D eigenvalue weighted by Gasteiger charge is -2.33. The van der Waals surface area contributed by atoms with Crippen LogP contribution in [0.15, 0.2) is 36.7 Å². The van der Waals surface area contributed by atoms with Crippen LogP contribution in [0.25, 0.3) is 11.2 Å². The van der Waals surface area contributed by atoms with Crippen LogP contribution in [0.5, 0.6) is 5.75 Å². The third-order valence-electron chi connectivity index (χ3n) is 5.11. The summed E-state index contributed by atoms with van der Waals surface area (Å²) in [6, 6.07) is 7.76. The number of H-pyrrole nitrogens is 1. The number of hydrogen-bond donors (Lipinski definition) is 1. The highest BCUT2D eigenvalue weighted by molar-refractivity contribution is 5.81. The minimum absolute atomic E-state index is 0.0308. The number of likely N-dealkylation sites (tertiary alicyclic amines) is 1. The summed E-state index contributed by atoms with van der Waals surface area (Å²) in [5, 5.41) is 7.31. The van der Waals surface area contributed by atoms with Crippen LogP contribution in [0, 0.1) is 6.92 Å². The van der Waals surface area contributed by atoms with E-state index in [0.29, 0.717) is 24.7 Å². The van der Waals surface area contributed by atoms with Crippen molar-refractivity contribution in [3.63, 3.8) is 0 Å². The molecule has 2 aromatic heterocycles. The first-order valence-electron chi connectivity index (χ1n) is 9.29. The van der Waals surface area contributed by atoms with E-state index in [0.717, 1.165) is 29.8 Å². The Morgan fingerprint density at radius 1 is 1.19 bits per heavy atom. The molecule has 0 radical (unpaired) electrons. The Balaban J connectivity index is 1.37. The van der Waals surface area contributed by atoms with E-state index in [9.17, 15) is 4.79 Å². The fourth-order valence-corrected chi connectivity index (χ4v) is 3.57. The SMILES string of the molecule is Cc1ccc(O[C@H](C)C(=O)N2CCC(c3[nH]nc4nccnc34)CC2)cc1. The number of aromatic nitrogens is 4. The molecule has 1 aliphatic heterocycles. The lowest BCUT2D eigenvalue weighted by atomic mass is 9.93. The molecule has 0 saturated carbocycles. The monoisotopic (exact) mass is 365 g/mol. The van der Waals surface area contributed by atoms with Gasteiger partial charge in [0.1, 0.15) is 11.3 Å². The van der Waals surface area contributed by atoms with Gasteiger partial charge in [0.15, 0.2) is 11.8 Å². The van der Waals surface area contributed by atoms with Gasteiger partial charge < -0.3 is 9.64 Å². The molecule has 3 aromatic rings. The number of aryl methyl sites for hydroxylation is 1. The maximum atomic E-state index is 12.7. The second-order valence-electron chi connectivity index (χ2n) is 7.04. The van der Waals surface area contributed by atoms with Gasteiger partial charge in [0.2, 0.25) is 0 Å². The van der Waals surface area contributed by atoms with Gasteiger partial charge in [-0.1, -0.05) is 17.7 Å². The largest absolute Gasteiger partial charge is 0.481 e. The van der Waals surface area contributed by atoms with Crippen LogP contribution in [0.3, 0.4) is 0 Å². The zero-order valence-electron chi connectivity index (χ0n) is 15.6. The number of piperidine rings is 1. The Labute approximate surface area is 157 Å². The number of carbonyl (C=O) groups excluding carboxylic acids is 1. The first kappa shape index (κ1) is 17.5. The molecule has 3 heterocycles. The quantitative estimate of drug-likeness (QED) is 0.768. The van der Waals surface area contributed by atoms with Crippen molar-refractivity contribution in [3.05, 3.63) is 47.9 Å². The molecule has 0 unspecified atom stereocenters. The van der Waals surface area contributed by atoms with E-state index in [1.54, 1.807) is 12.4 Å². The molecule has 1 amide bonds. The zero-order chi connectivity index (χ0) is 18.8. The average molecular weight is 365 g/mol. The second-order valence-corrected chi connectivity index (χ2v) is 7.04. The fourth-order valence-electron chi connectivity index (χ4n) is 3.57. The molecule has 7 nitrogen and oxygen atoms in total. The van der Waals surface area contributed by atoms with Crippen molar-refractivity contribution in [2.24, 2.45) is 0 Å². The molecular formula is C20H23N5O2. The first-order chi connectivity index (χ1) is 13.1. The van der Waals surface area contributed by atoms with Gasteiger partial charge in [-0.15, -0.1) is 0 Å². The van der Waals surface area contributed by atoms with Crippen LogP contribution in [0.1, 0.15) is 36.9 Å². The van der Waals surface area contributed by atoms with Gasteiger partial charge >= 0.3 is 0 Å².